The molecule has 4 N–H and O–H groups in total. The van der Waals surface area contributed by atoms with Crippen LogP contribution in [0.2, 0.25) is 5.02 Å². The van der Waals surface area contributed by atoms with Crippen LogP contribution in [0.25, 0.3) is 0 Å². The molecule has 0 radical (unpaired) electrons. The van der Waals surface area contributed by atoms with Crippen molar-refractivity contribution in [3.8, 4) is 0 Å². The Morgan fingerprint density at radius 1 is 1.45 bits per heavy atom. The van der Waals surface area contributed by atoms with Crippen molar-refractivity contribution in [2.24, 2.45) is 10.7 Å². The summed E-state index contributed by atoms with van der Waals surface area (Å²) in [5.41, 5.74) is 4.71. The number of nitrogens with zero attached hydrogens (tertiary/aromatic N) is 1. The summed E-state index contributed by atoms with van der Waals surface area (Å²) >= 11 is 5.79. The molecule has 0 saturated carbocycles. The monoisotopic (exact) mass is 308 g/mol. The molecule has 2 amide bonds. The summed E-state index contributed by atoms with van der Waals surface area (Å²) in [6.45, 7) is -0.182. The number of rotatable bonds is 2. The van der Waals surface area contributed by atoms with Crippen LogP contribution in [0.3, 0.4) is 0 Å². The maximum atomic E-state index is 12.5. The number of halogens is 4. The molecule has 20 heavy (non-hydrogen) atoms. The molecule has 1 aromatic rings. The molecule has 0 aliphatic rings. The van der Waals surface area contributed by atoms with E-state index in [9.17, 15) is 18.0 Å². The van der Waals surface area contributed by atoms with Gasteiger partial charge in [0.15, 0.2) is 5.96 Å². The zero-order chi connectivity index (χ0) is 15.3. The lowest BCUT2D eigenvalue weighted by atomic mass is 10.1. The van der Waals surface area contributed by atoms with Crippen molar-refractivity contribution in [2.75, 3.05) is 7.05 Å². The van der Waals surface area contributed by atoms with Crippen molar-refractivity contribution in [3.63, 3.8) is 0 Å². The Hall–Kier alpha value is -1.96. The number of hydrogen-bond acceptors (Lipinski definition) is 2. The minimum atomic E-state index is -4.46. The van der Waals surface area contributed by atoms with Gasteiger partial charge in [-0.3, -0.25) is 5.32 Å². The fraction of sp³-hybridized carbons (Fsp3) is 0.273. The smallest absolute Gasteiger partial charge is 0.370 e. The first kappa shape index (κ1) is 16.1. The van der Waals surface area contributed by atoms with E-state index in [1.807, 2.05) is 0 Å². The normalized spacial score (nSPS) is 12.2. The molecule has 0 bridgehead atoms. The summed E-state index contributed by atoms with van der Waals surface area (Å²) in [6, 6.07) is 2.32. The number of carbonyl (C=O) groups excluding carboxylic acids is 1. The van der Waals surface area contributed by atoms with Crippen molar-refractivity contribution >= 4 is 23.6 Å². The van der Waals surface area contributed by atoms with E-state index in [-0.39, 0.29) is 23.1 Å². The highest BCUT2D eigenvalue weighted by molar-refractivity contribution is 6.31. The summed E-state index contributed by atoms with van der Waals surface area (Å²) in [7, 11) is 1.38. The highest BCUT2D eigenvalue weighted by atomic mass is 35.5. The van der Waals surface area contributed by atoms with E-state index in [0.29, 0.717) is 0 Å². The second-order valence-corrected chi connectivity index (χ2v) is 4.12. The fourth-order valence-corrected chi connectivity index (χ4v) is 1.44. The first-order chi connectivity index (χ1) is 9.24. The SMILES string of the molecule is CNC(=O)NC(N)=NCc1cc(C(F)(F)F)ccc1Cl. The van der Waals surface area contributed by atoms with Gasteiger partial charge in [0, 0.05) is 12.1 Å². The average Bonchev–Trinajstić information content (AvgIpc) is 2.36. The predicted molar refractivity (Wildman–Crippen MR) is 69.4 cm³/mol. The molecule has 0 aromatic heterocycles. The van der Waals surface area contributed by atoms with Crippen LogP contribution < -0.4 is 16.4 Å². The molecule has 0 aliphatic carbocycles. The van der Waals surface area contributed by atoms with E-state index in [1.165, 1.54) is 7.05 Å². The van der Waals surface area contributed by atoms with Gasteiger partial charge in [-0.25, -0.2) is 9.79 Å². The van der Waals surface area contributed by atoms with Crippen LogP contribution in [-0.4, -0.2) is 19.0 Å². The van der Waals surface area contributed by atoms with E-state index < -0.39 is 17.8 Å². The third-order valence-electron chi connectivity index (χ3n) is 2.26. The van der Waals surface area contributed by atoms with Crippen molar-refractivity contribution in [2.45, 2.75) is 12.7 Å². The Labute approximate surface area is 118 Å². The fourth-order valence-electron chi connectivity index (χ4n) is 1.26. The van der Waals surface area contributed by atoms with Gasteiger partial charge in [-0.1, -0.05) is 11.6 Å². The van der Waals surface area contributed by atoms with E-state index in [1.54, 1.807) is 0 Å². The van der Waals surface area contributed by atoms with Gasteiger partial charge < -0.3 is 11.1 Å². The Morgan fingerprint density at radius 2 is 2.10 bits per heavy atom. The summed E-state index contributed by atoms with van der Waals surface area (Å²) < 4.78 is 37.6. The minimum Gasteiger partial charge on any atom is -0.370 e. The average molecular weight is 309 g/mol. The van der Waals surface area contributed by atoms with Gasteiger partial charge in [0.2, 0.25) is 0 Å². The molecule has 5 nitrogen and oxygen atoms in total. The van der Waals surface area contributed by atoms with Gasteiger partial charge in [-0.15, -0.1) is 0 Å². The summed E-state index contributed by atoms with van der Waals surface area (Å²) in [5.74, 6) is -0.224. The van der Waals surface area contributed by atoms with Crippen LogP contribution in [0.15, 0.2) is 23.2 Å². The molecule has 0 aliphatic heterocycles. The summed E-state index contributed by atoms with van der Waals surface area (Å²) in [4.78, 5) is 14.7. The van der Waals surface area contributed by atoms with Crippen LogP contribution >= 0.6 is 11.6 Å². The lowest BCUT2D eigenvalue weighted by molar-refractivity contribution is -0.137. The number of aliphatic imine (C=N–C) groups is 1. The molecule has 9 heteroatoms. The molecule has 110 valence electrons. The van der Waals surface area contributed by atoms with Crippen LogP contribution in [0.5, 0.6) is 0 Å². The first-order valence-electron chi connectivity index (χ1n) is 5.38. The molecule has 0 spiro atoms. The zero-order valence-corrected chi connectivity index (χ0v) is 11.1. The van der Waals surface area contributed by atoms with Crippen molar-refractivity contribution in [1.82, 2.24) is 10.6 Å². The molecular formula is C11H12ClF3N4O. The van der Waals surface area contributed by atoms with Crippen LogP contribution in [0.1, 0.15) is 11.1 Å². The Morgan fingerprint density at radius 3 is 2.65 bits per heavy atom. The van der Waals surface area contributed by atoms with E-state index in [0.717, 1.165) is 18.2 Å². The highest BCUT2D eigenvalue weighted by Gasteiger charge is 2.30. The standard InChI is InChI=1S/C11H12ClF3N4O/c1-17-10(20)19-9(16)18-5-6-4-7(11(13,14)15)2-3-8(6)12/h2-4H,5H2,1H3,(H4,16,17,18,19,20). The highest BCUT2D eigenvalue weighted by Crippen LogP contribution is 2.31. The molecule has 0 fully saturated rings. The van der Waals surface area contributed by atoms with Gasteiger partial charge in [0.05, 0.1) is 12.1 Å². The van der Waals surface area contributed by atoms with Gasteiger partial charge in [-0.05, 0) is 23.8 Å². The Bertz CT molecular complexity index is 531. The summed E-state index contributed by atoms with van der Waals surface area (Å²) in [6.07, 6.45) is -4.46. The Kier molecular flexibility index (Phi) is 5.20. The number of benzene rings is 1. The number of urea groups is 1. The third-order valence-corrected chi connectivity index (χ3v) is 2.63. The molecular weight excluding hydrogens is 297 g/mol. The maximum absolute atomic E-state index is 12.5. The molecule has 0 unspecified atom stereocenters. The predicted octanol–water partition coefficient (Wildman–Crippen LogP) is 2.10. The summed E-state index contributed by atoms with van der Waals surface area (Å²) in [5, 5.41) is 4.56. The number of carbonyl (C=O) groups is 1. The molecule has 1 rings (SSSR count). The van der Waals surface area contributed by atoms with Crippen molar-refractivity contribution in [3.05, 3.63) is 34.3 Å². The van der Waals surface area contributed by atoms with Gasteiger partial charge in [0.1, 0.15) is 0 Å². The van der Waals surface area contributed by atoms with E-state index in [4.69, 9.17) is 17.3 Å². The van der Waals surface area contributed by atoms with Crippen molar-refractivity contribution in [1.29, 1.82) is 0 Å². The molecule has 1 aromatic carbocycles. The molecule has 0 heterocycles. The molecule has 0 saturated heterocycles. The minimum absolute atomic E-state index is 0.134. The number of alkyl halides is 3. The quantitative estimate of drug-likeness (QED) is 0.578. The first-order valence-corrected chi connectivity index (χ1v) is 5.76. The maximum Gasteiger partial charge on any atom is 0.416 e. The lowest BCUT2D eigenvalue weighted by Crippen LogP contribution is -2.41. The van der Waals surface area contributed by atoms with E-state index >= 15 is 0 Å². The van der Waals surface area contributed by atoms with Crippen LogP contribution in [-0.2, 0) is 12.7 Å². The third kappa shape index (κ3) is 4.61. The van der Waals surface area contributed by atoms with Gasteiger partial charge in [-0.2, -0.15) is 13.2 Å². The second kappa shape index (κ2) is 6.47. The zero-order valence-electron chi connectivity index (χ0n) is 10.4. The number of nitrogens with two attached hydrogens (primary N) is 1. The topological polar surface area (TPSA) is 79.5 Å². The Balaban J connectivity index is 2.87. The van der Waals surface area contributed by atoms with Gasteiger partial charge >= 0.3 is 12.2 Å². The lowest BCUT2D eigenvalue weighted by Gasteiger charge is -2.09. The largest absolute Gasteiger partial charge is 0.416 e. The number of guanidine groups is 1. The van der Waals surface area contributed by atoms with E-state index in [2.05, 4.69) is 15.6 Å². The van der Waals surface area contributed by atoms with Crippen LogP contribution in [0.4, 0.5) is 18.0 Å². The van der Waals surface area contributed by atoms with Crippen LogP contribution in [0, 0.1) is 0 Å². The molecule has 0 atom stereocenters. The number of nitrogens with one attached hydrogen (secondary N) is 2. The number of amides is 2. The second-order valence-electron chi connectivity index (χ2n) is 3.71. The van der Waals surface area contributed by atoms with Gasteiger partial charge in [0.25, 0.3) is 0 Å². The van der Waals surface area contributed by atoms with Crippen molar-refractivity contribution < 1.29 is 18.0 Å². The number of hydrogen-bond donors (Lipinski definition) is 3.